The minimum absolute atomic E-state index is 0.439. The van der Waals surface area contributed by atoms with Gasteiger partial charge in [-0.1, -0.05) is 38.1 Å². The minimum Gasteiger partial charge on any atom is -0.388 e. The molecule has 0 aliphatic heterocycles. The first-order chi connectivity index (χ1) is 8.49. The molecule has 0 amide bonds. The van der Waals surface area contributed by atoms with Crippen molar-refractivity contribution in [1.29, 1.82) is 0 Å². The number of aryl methyl sites for hydroxylation is 1. The Morgan fingerprint density at radius 3 is 2.17 bits per heavy atom. The number of hydrogen-bond donors (Lipinski definition) is 1. The van der Waals surface area contributed by atoms with E-state index in [0.29, 0.717) is 5.92 Å². The smallest absolute Gasteiger partial charge is 0.123 e. The van der Waals surface area contributed by atoms with E-state index in [0.717, 1.165) is 21.1 Å². The summed E-state index contributed by atoms with van der Waals surface area (Å²) in [6.07, 6.45) is -0.439. The summed E-state index contributed by atoms with van der Waals surface area (Å²) in [6, 6.07) is 8.52. The Bertz CT molecular complexity index is 526. The molecule has 0 spiro atoms. The molecule has 0 aliphatic rings. The molecule has 0 radical (unpaired) electrons. The molecule has 1 N–H and O–H groups in total. The molecule has 0 aliphatic carbocycles. The van der Waals surface area contributed by atoms with Crippen molar-refractivity contribution < 1.29 is 5.11 Å². The Morgan fingerprint density at radius 2 is 1.72 bits per heavy atom. The van der Waals surface area contributed by atoms with Gasteiger partial charge in [-0.25, -0.2) is 4.98 Å². The maximum atomic E-state index is 9.65. The minimum atomic E-state index is -0.439. The number of hydrogen-bond acceptors (Lipinski definition) is 3. The van der Waals surface area contributed by atoms with Crippen LogP contribution in [0.2, 0.25) is 0 Å². The van der Waals surface area contributed by atoms with E-state index in [1.807, 2.05) is 6.92 Å². The van der Waals surface area contributed by atoms with Crippen molar-refractivity contribution >= 4 is 11.3 Å². The van der Waals surface area contributed by atoms with Crippen molar-refractivity contribution in [3.8, 4) is 10.6 Å². The fourth-order valence-corrected chi connectivity index (χ4v) is 2.94. The highest BCUT2D eigenvalue weighted by atomic mass is 32.1. The number of thiazole rings is 1. The third kappa shape index (κ3) is 2.62. The molecule has 0 saturated carbocycles. The summed E-state index contributed by atoms with van der Waals surface area (Å²) in [7, 11) is 0. The van der Waals surface area contributed by atoms with Gasteiger partial charge in [-0.05, 0) is 25.3 Å². The van der Waals surface area contributed by atoms with E-state index >= 15 is 0 Å². The van der Waals surface area contributed by atoms with Crippen LogP contribution in [0.1, 0.15) is 48.9 Å². The number of nitrogens with zero attached hydrogens (tertiary/aromatic N) is 1. The van der Waals surface area contributed by atoms with E-state index in [1.165, 1.54) is 5.56 Å². The number of rotatable bonds is 3. The standard InChI is InChI=1S/C15H19NOS/c1-9(2)12-5-7-13(8-6-12)15-16-10(3)14(18-15)11(4)17/h5-9,11,17H,1-4H3. The summed E-state index contributed by atoms with van der Waals surface area (Å²) >= 11 is 1.57. The van der Waals surface area contributed by atoms with Crippen LogP contribution in [0.4, 0.5) is 0 Å². The largest absolute Gasteiger partial charge is 0.388 e. The first-order valence-electron chi connectivity index (χ1n) is 6.24. The van der Waals surface area contributed by atoms with Gasteiger partial charge in [0.15, 0.2) is 0 Å². The van der Waals surface area contributed by atoms with Crippen LogP contribution in [0.5, 0.6) is 0 Å². The number of aliphatic hydroxyl groups excluding tert-OH is 1. The summed E-state index contributed by atoms with van der Waals surface area (Å²) in [5, 5.41) is 10.6. The van der Waals surface area contributed by atoms with E-state index in [2.05, 4.69) is 43.1 Å². The molecule has 0 saturated heterocycles. The normalized spacial score (nSPS) is 13.0. The van der Waals surface area contributed by atoms with Crippen molar-refractivity contribution in [3.63, 3.8) is 0 Å². The van der Waals surface area contributed by atoms with Crippen molar-refractivity contribution in [1.82, 2.24) is 4.98 Å². The second-order valence-electron chi connectivity index (χ2n) is 4.92. The van der Waals surface area contributed by atoms with E-state index in [4.69, 9.17) is 0 Å². The van der Waals surface area contributed by atoms with Crippen LogP contribution in [0.25, 0.3) is 10.6 Å². The maximum Gasteiger partial charge on any atom is 0.123 e. The molecule has 96 valence electrons. The van der Waals surface area contributed by atoms with Gasteiger partial charge in [0.05, 0.1) is 16.7 Å². The molecule has 1 unspecified atom stereocenters. The summed E-state index contributed by atoms with van der Waals surface area (Å²) < 4.78 is 0. The van der Waals surface area contributed by atoms with Gasteiger partial charge in [-0.2, -0.15) is 0 Å². The highest BCUT2D eigenvalue weighted by Gasteiger charge is 2.13. The summed E-state index contributed by atoms with van der Waals surface area (Å²) in [6.45, 7) is 8.11. The zero-order valence-electron chi connectivity index (χ0n) is 11.3. The SMILES string of the molecule is Cc1nc(-c2ccc(C(C)C)cc2)sc1C(C)O. The van der Waals surface area contributed by atoms with Crippen molar-refractivity contribution in [2.45, 2.75) is 39.7 Å². The highest BCUT2D eigenvalue weighted by Crippen LogP contribution is 2.32. The van der Waals surface area contributed by atoms with Gasteiger partial charge < -0.3 is 5.11 Å². The van der Waals surface area contributed by atoms with E-state index < -0.39 is 6.10 Å². The molecule has 1 heterocycles. The lowest BCUT2D eigenvalue weighted by molar-refractivity contribution is 0.202. The van der Waals surface area contributed by atoms with Gasteiger partial charge in [0.25, 0.3) is 0 Å². The molecule has 18 heavy (non-hydrogen) atoms. The van der Waals surface area contributed by atoms with Crippen LogP contribution in [0.15, 0.2) is 24.3 Å². The average Bonchev–Trinajstić information content (AvgIpc) is 2.71. The maximum absolute atomic E-state index is 9.65. The van der Waals surface area contributed by atoms with Crippen LogP contribution in [-0.4, -0.2) is 10.1 Å². The molecule has 1 aromatic carbocycles. The van der Waals surface area contributed by atoms with Gasteiger partial charge >= 0.3 is 0 Å². The van der Waals surface area contributed by atoms with Crippen LogP contribution >= 0.6 is 11.3 Å². The van der Waals surface area contributed by atoms with Crippen molar-refractivity contribution in [3.05, 3.63) is 40.4 Å². The third-order valence-corrected chi connectivity index (χ3v) is 4.41. The fraction of sp³-hybridized carbons (Fsp3) is 0.400. The molecular formula is C15H19NOS. The Balaban J connectivity index is 2.34. The summed E-state index contributed by atoms with van der Waals surface area (Å²) in [5.74, 6) is 0.546. The Kier molecular flexibility index (Phi) is 3.83. The van der Waals surface area contributed by atoms with E-state index in [-0.39, 0.29) is 0 Å². The van der Waals surface area contributed by atoms with Crippen LogP contribution < -0.4 is 0 Å². The molecular weight excluding hydrogens is 242 g/mol. The Hall–Kier alpha value is -1.19. The van der Waals surface area contributed by atoms with Gasteiger partial charge in [-0.15, -0.1) is 11.3 Å². The number of benzene rings is 1. The second kappa shape index (κ2) is 5.21. The molecule has 2 rings (SSSR count). The van der Waals surface area contributed by atoms with Gasteiger partial charge in [0.2, 0.25) is 0 Å². The van der Waals surface area contributed by atoms with Crippen LogP contribution in [-0.2, 0) is 0 Å². The second-order valence-corrected chi connectivity index (χ2v) is 5.95. The Labute approximate surface area is 112 Å². The zero-order chi connectivity index (χ0) is 13.3. The molecule has 1 atom stereocenters. The molecule has 0 fully saturated rings. The topological polar surface area (TPSA) is 33.1 Å². The third-order valence-electron chi connectivity index (χ3n) is 3.04. The van der Waals surface area contributed by atoms with Crippen LogP contribution in [0, 0.1) is 6.92 Å². The molecule has 3 heteroatoms. The van der Waals surface area contributed by atoms with Gasteiger partial charge in [0.1, 0.15) is 5.01 Å². The first-order valence-corrected chi connectivity index (χ1v) is 7.06. The van der Waals surface area contributed by atoms with E-state index in [1.54, 1.807) is 18.3 Å². The predicted molar refractivity (Wildman–Crippen MR) is 77.0 cm³/mol. The first kappa shape index (κ1) is 13.2. The Morgan fingerprint density at radius 1 is 1.11 bits per heavy atom. The molecule has 2 nitrogen and oxygen atoms in total. The molecule has 0 bridgehead atoms. The lowest BCUT2D eigenvalue weighted by Gasteiger charge is -2.05. The lowest BCUT2D eigenvalue weighted by atomic mass is 10.0. The van der Waals surface area contributed by atoms with Gasteiger partial charge in [-0.3, -0.25) is 0 Å². The van der Waals surface area contributed by atoms with Gasteiger partial charge in [0, 0.05) is 5.56 Å². The van der Waals surface area contributed by atoms with Crippen molar-refractivity contribution in [2.75, 3.05) is 0 Å². The number of aliphatic hydroxyl groups is 1. The monoisotopic (exact) mass is 261 g/mol. The number of aromatic nitrogens is 1. The highest BCUT2D eigenvalue weighted by molar-refractivity contribution is 7.15. The van der Waals surface area contributed by atoms with Crippen molar-refractivity contribution in [2.24, 2.45) is 0 Å². The predicted octanol–water partition coefficient (Wildman–Crippen LogP) is 4.30. The zero-order valence-corrected chi connectivity index (χ0v) is 12.1. The molecule has 1 aromatic heterocycles. The summed E-state index contributed by atoms with van der Waals surface area (Å²) in [5.41, 5.74) is 3.39. The van der Waals surface area contributed by atoms with Crippen LogP contribution in [0.3, 0.4) is 0 Å². The average molecular weight is 261 g/mol. The quantitative estimate of drug-likeness (QED) is 0.893. The fourth-order valence-electron chi connectivity index (χ4n) is 1.93. The van der Waals surface area contributed by atoms with E-state index in [9.17, 15) is 5.11 Å². The molecule has 2 aromatic rings. The lowest BCUT2D eigenvalue weighted by Crippen LogP contribution is -1.88. The summed E-state index contributed by atoms with van der Waals surface area (Å²) in [4.78, 5) is 5.49.